The Hall–Kier alpha value is -2.10. The first-order valence-corrected chi connectivity index (χ1v) is 8.87. The predicted molar refractivity (Wildman–Crippen MR) is 115 cm³/mol. The largest absolute Gasteiger partial charge is 0.459 e. The van der Waals surface area contributed by atoms with Crippen LogP contribution in [0.1, 0.15) is 38.0 Å². The third-order valence-electron chi connectivity index (χ3n) is 4.46. The number of piperidine rings is 1. The molecule has 0 saturated carbocycles. The zero-order valence-corrected chi connectivity index (χ0v) is 17.9. The van der Waals surface area contributed by atoms with Crippen molar-refractivity contribution in [2.45, 2.75) is 32.2 Å². The Kier molecular flexibility index (Phi) is 7.64. The maximum Gasteiger partial charge on any atom is 0.229 e. The molecule has 146 valence electrons. The van der Waals surface area contributed by atoms with Gasteiger partial charge in [-0.3, -0.25) is 19.5 Å². The van der Waals surface area contributed by atoms with E-state index in [1.54, 1.807) is 7.05 Å². The Morgan fingerprint density at radius 1 is 1.26 bits per heavy atom. The molecular weight excluding hydrogens is 459 g/mol. The fraction of sp³-hybridized carbons (Fsp3) is 0.421. The van der Waals surface area contributed by atoms with Gasteiger partial charge in [-0.2, -0.15) is 0 Å². The molecule has 8 heteroatoms. The number of carbonyl (C=O) groups is 2. The van der Waals surface area contributed by atoms with Gasteiger partial charge in [-0.1, -0.05) is 18.2 Å². The summed E-state index contributed by atoms with van der Waals surface area (Å²) in [7, 11) is 1.68. The summed E-state index contributed by atoms with van der Waals surface area (Å²) < 4.78 is 5.86. The summed E-state index contributed by atoms with van der Waals surface area (Å²) in [5, 5.41) is 7.46. The van der Waals surface area contributed by atoms with Crippen LogP contribution in [0.15, 0.2) is 39.7 Å². The van der Waals surface area contributed by atoms with Gasteiger partial charge in [-0.05, 0) is 25.5 Å². The van der Waals surface area contributed by atoms with E-state index in [-0.39, 0.29) is 41.8 Å². The first kappa shape index (κ1) is 21.2. The SMILES string of the molecule is CN=C(NCCN1C(=O)CCCC1=O)NC(C)c1cc2ccccc2o1.I. The number of guanidine groups is 1. The van der Waals surface area contributed by atoms with E-state index in [0.29, 0.717) is 38.3 Å². The fourth-order valence-corrected chi connectivity index (χ4v) is 3.02. The average molecular weight is 484 g/mol. The number of hydrogen-bond donors (Lipinski definition) is 2. The average Bonchev–Trinajstić information content (AvgIpc) is 3.07. The van der Waals surface area contributed by atoms with Crippen LogP contribution < -0.4 is 10.6 Å². The van der Waals surface area contributed by atoms with E-state index in [2.05, 4.69) is 15.6 Å². The number of carbonyl (C=O) groups excluding carboxylic acids is 2. The molecule has 1 aliphatic heterocycles. The van der Waals surface area contributed by atoms with Crippen LogP contribution in [0.4, 0.5) is 0 Å². The highest BCUT2D eigenvalue weighted by atomic mass is 127. The second kappa shape index (κ2) is 9.72. The second-order valence-electron chi connectivity index (χ2n) is 6.34. The lowest BCUT2D eigenvalue weighted by Gasteiger charge is -2.25. The summed E-state index contributed by atoms with van der Waals surface area (Å²) in [4.78, 5) is 29.2. The Labute approximate surface area is 175 Å². The van der Waals surface area contributed by atoms with E-state index in [9.17, 15) is 9.59 Å². The molecule has 0 bridgehead atoms. The van der Waals surface area contributed by atoms with Crippen LogP contribution in [0.2, 0.25) is 0 Å². The number of rotatable bonds is 5. The molecule has 2 aromatic rings. The van der Waals surface area contributed by atoms with Crippen molar-refractivity contribution in [2.24, 2.45) is 4.99 Å². The maximum absolute atomic E-state index is 11.8. The quantitative estimate of drug-likeness (QED) is 0.295. The van der Waals surface area contributed by atoms with Gasteiger partial charge in [0.05, 0.1) is 6.04 Å². The monoisotopic (exact) mass is 484 g/mol. The fourth-order valence-electron chi connectivity index (χ4n) is 3.02. The molecule has 1 fully saturated rings. The van der Waals surface area contributed by atoms with Crippen LogP contribution in [0, 0.1) is 0 Å². The molecule has 1 aromatic heterocycles. The molecule has 3 rings (SSSR count). The van der Waals surface area contributed by atoms with Gasteiger partial charge in [0.1, 0.15) is 11.3 Å². The number of furan rings is 1. The smallest absolute Gasteiger partial charge is 0.229 e. The van der Waals surface area contributed by atoms with Gasteiger partial charge >= 0.3 is 0 Å². The third-order valence-corrected chi connectivity index (χ3v) is 4.46. The third kappa shape index (κ3) is 5.21. The molecule has 1 aromatic carbocycles. The van der Waals surface area contributed by atoms with Gasteiger partial charge in [0.15, 0.2) is 5.96 Å². The molecule has 2 amide bonds. The number of halogens is 1. The van der Waals surface area contributed by atoms with Crippen molar-refractivity contribution in [3.05, 3.63) is 36.1 Å². The Bertz CT molecular complexity index is 784. The van der Waals surface area contributed by atoms with Gasteiger partial charge in [0.2, 0.25) is 11.8 Å². The molecule has 0 radical (unpaired) electrons. The van der Waals surface area contributed by atoms with E-state index in [1.807, 2.05) is 37.3 Å². The molecule has 1 aliphatic rings. The number of hydrogen-bond acceptors (Lipinski definition) is 4. The van der Waals surface area contributed by atoms with Crippen molar-refractivity contribution in [3.8, 4) is 0 Å². The number of para-hydroxylation sites is 1. The molecule has 0 aliphatic carbocycles. The molecule has 1 saturated heterocycles. The lowest BCUT2D eigenvalue weighted by atomic mass is 10.1. The molecule has 2 heterocycles. The summed E-state index contributed by atoms with van der Waals surface area (Å²) in [5.74, 6) is 1.22. The Morgan fingerprint density at radius 2 is 1.96 bits per heavy atom. The number of nitrogens with zero attached hydrogens (tertiary/aromatic N) is 2. The van der Waals surface area contributed by atoms with Gasteiger partial charge in [-0.15, -0.1) is 24.0 Å². The van der Waals surface area contributed by atoms with E-state index in [1.165, 1.54) is 4.90 Å². The normalized spacial score (nSPS) is 16.2. The number of imide groups is 1. The van der Waals surface area contributed by atoms with Crippen molar-refractivity contribution in [3.63, 3.8) is 0 Å². The highest BCUT2D eigenvalue weighted by molar-refractivity contribution is 14.0. The first-order valence-electron chi connectivity index (χ1n) is 8.87. The van der Waals surface area contributed by atoms with Crippen LogP contribution in [0.3, 0.4) is 0 Å². The van der Waals surface area contributed by atoms with Crippen molar-refractivity contribution >= 4 is 52.7 Å². The molecule has 1 atom stereocenters. The van der Waals surface area contributed by atoms with Gasteiger partial charge in [0, 0.05) is 38.4 Å². The van der Waals surface area contributed by atoms with Crippen molar-refractivity contribution in [1.82, 2.24) is 15.5 Å². The zero-order chi connectivity index (χ0) is 18.5. The number of fused-ring (bicyclic) bond motifs is 1. The van der Waals surface area contributed by atoms with Crippen molar-refractivity contribution in [1.29, 1.82) is 0 Å². The predicted octanol–water partition coefficient (Wildman–Crippen LogP) is 2.82. The summed E-state index contributed by atoms with van der Waals surface area (Å²) in [6.07, 6.45) is 1.55. The highest BCUT2D eigenvalue weighted by Crippen LogP contribution is 2.23. The standard InChI is InChI=1S/C19H24N4O3.HI/c1-13(16-12-14-6-3-4-7-15(14)26-16)22-19(20-2)21-10-11-23-17(24)8-5-9-18(23)25;/h3-4,6-7,12-13H,5,8-11H2,1-2H3,(H2,20,21,22);1H. The topological polar surface area (TPSA) is 86.9 Å². The zero-order valence-electron chi connectivity index (χ0n) is 15.5. The van der Waals surface area contributed by atoms with Gasteiger partial charge in [-0.25, -0.2) is 0 Å². The summed E-state index contributed by atoms with van der Waals surface area (Å²) in [5.41, 5.74) is 0.848. The molecule has 27 heavy (non-hydrogen) atoms. The maximum atomic E-state index is 11.8. The van der Waals surface area contributed by atoms with Crippen LogP contribution in [-0.4, -0.2) is 42.8 Å². The van der Waals surface area contributed by atoms with Crippen molar-refractivity contribution in [2.75, 3.05) is 20.1 Å². The number of benzene rings is 1. The number of likely N-dealkylation sites (tertiary alicyclic amines) is 1. The molecule has 2 N–H and O–H groups in total. The van der Waals surface area contributed by atoms with Gasteiger partial charge < -0.3 is 15.1 Å². The van der Waals surface area contributed by atoms with E-state index in [0.717, 1.165) is 16.7 Å². The van der Waals surface area contributed by atoms with Crippen LogP contribution in [-0.2, 0) is 9.59 Å². The van der Waals surface area contributed by atoms with Crippen LogP contribution in [0.25, 0.3) is 11.0 Å². The first-order chi connectivity index (χ1) is 12.6. The second-order valence-corrected chi connectivity index (χ2v) is 6.34. The van der Waals surface area contributed by atoms with Crippen LogP contribution >= 0.6 is 24.0 Å². The number of amides is 2. The molecule has 1 unspecified atom stereocenters. The minimum atomic E-state index is -0.0957. The summed E-state index contributed by atoms with van der Waals surface area (Å²) in [6.45, 7) is 2.78. The van der Waals surface area contributed by atoms with Gasteiger partial charge in [0.25, 0.3) is 0 Å². The Balaban J connectivity index is 0.00000261. The van der Waals surface area contributed by atoms with E-state index < -0.39 is 0 Å². The number of nitrogens with one attached hydrogen (secondary N) is 2. The minimum Gasteiger partial charge on any atom is -0.459 e. The Morgan fingerprint density at radius 3 is 2.63 bits per heavy atom. The minimum absolute atomic E-state index is 0. The molecule has 7 nitrogen and oxygen atoms in total. The molecular formula is C19H25IN4O3. The lowest BCUT2D eigenvalue weighted by Crippen LogP contribution is -2.46. The van der Waals surface area contributed by atoms with E-state index in [4.69, 9.17) is 4.42 Å². The summed E-state index contributed by atoms with van der Waals surface area (Å²) >= 11 is 0. The highest BCUT2D eigenvalue weighted by Gasteiger charge is 2.25. The number of aliphatic imine (C=N–C) groups is 1. The molecule has 0 spiro atoms. The van der Waals surface area contributed by atoms with Crippen LogP contribution in [0.5, 0.6) is 0 Å². The summed E-state index contributed by atoms with van der Waals surface area (Å²) in [6, 6.07) is 9.79. The lowest BCUT2D eigenvalue weighted by molar-refractivity contribution is -0.147. The van der Waals surface area contributed by atoms with Crippen molar-refractivity contribution < 1.29 is 14.0 Å². The van der Waals surface area contributed by atoms with E-state index >= 15 is 0 Å².